The summed E-state index contributed by atoms with van der Waals surface area (Å²) >= 11 is 0. The number of fused-ring (bicyclic) bond motifs is 2. The molecular weight excluding hydrogens is 712 g/mol. The summed E-state index contributed by atoms with van der Waals surface area (Å²) < 4.78 is 34.5. The van der Waals surface area contributed by atoms with E-state index in [9.17, 15) is 28.0 Å². The van der Waals surface area contributed by atoms with E-state index in [1.54, 1.807) is 41.7 Å². The van der Waals surface area contributed by atoms with Gasteiger partial charge < -0.3 is 15.1 Å². The first kappa shape index (κ1) is 36.5. The molecule has 3 aliphatic rings. The van der Waals surface area contributed by atoms with Crippen molar-refractivity contribution >= 4 is 45.8 Å². The lowest BCUT2D eigenvalue weighted by molar-refractivity contribution is -0.135. The van der Waals surface area contributed by atoms with Crippen LogP contribution in [0.1, 0.15) is 91.6 Å². The van der Waals surface area contributed by atoms with Crippen LogP contribution < -0.4 is 21.2 Å². The highest BCUT2D eigenvalue weighted by Gasteiger charge is 2.34. The highest BCUT2D eigenvalue weighted by Crippen LogP contribution is 2.37. The van der Waals surface area contributed by atoms with Gasteiger partial charge in [0.15, 0.2) is 11.3 Å². The Kier molecular flexibility index (Phi) is 9.73. The zero-order valence-electron chi connectivity index (χ0n) is 31.1. The summed E-state index contributed by atoms with van der Waals surface area (Å²) in [6.45, 7) is 4.25. The maximum atomic E-state index is 14.1. The molecule has 17 heteroatoms. The zero-order chi connectivity index (χ0) is 38.5. The summed E-state index contributed by atoms with van der Waals surface area (Å²) in [5.41, 5.74) is 2.73. The molecule has 3 fully saturated rings. The third-order valence-corrected chi connectivity index (χ3v) is 11.8. The second kappa shape index (κ2) is 14.7. The number of halogens is 2. The fourth-order valence-electron chi connectivity index (χ4n) is 8.90. The topological polar surface area (TPSA) is 157 Å². The zero-order valence-corrected chi connectivity index (χ0v) is 31.1. The lowest BCUT2D eigenvalue weighted by atomic mass is 9.85. The molecule has 1 aromatic carbocycles. The van der Waals surface area contributed by atoms with E-state index in [-0.39, 0.29) is 35.3 Å². The van der Waals surface area contributed by atoms with Crippen LogP contribution in [-0.2, 0) is 16.6 Å². The van der Waals surface area contributed by atoms with Crippen LogP contribution in [0.4, 0.5) is 20.2 Å². The first-order valence-electron chi connectivity index (χ1n) is 19.0. The van der Waals surface area contributed by atoms with E-state index < -0.39 is 30.0 Å². The van der Waals surface area contributed by atoms with Crippen LogP contribution in [0.2, 0.25) is 0 Å². The molecule has 2 aliphatic heterocycles. The van der Waals surface area contributed by atoms with E-state index in [1.165, 1.54) is 15.3 Å². The van der Waals surface area contributed by atoms with E-state index in [0.29, 0.717) is 35.2 Å². The lowest BCUT2D eigenvalue weighted by Crippen LogP contribution is -2.45. The first-order valence-corrected chi connectivity index (χ1v) is 19.0. The minimum absolute atomic E-state index is 0.00628. The Morgan fingerprint density at radius 1 is 1.04 bits per heavy atom. The van der Waals surface area contributed by atoms with Crippen molar-refractivity contribution in [3.63, 3.8) is 0 Å². The number of imidazole rings is 1. The molecule has 290 valence electrons. The van der Waals surface area contributed by atoms with Gasteiger partial charge in [0.2, 0.25) is 11.8 Å². The lowest BCUT2D eigenvalue weighted by Gasteiger charge is -2.40. The summed E-state index contributed by atoms with van der Waals surface area (Å²) in [6, 6.07) is 7.13. The quantitative estimate of drug-likeness (QED) is 0.208. The van der Waals surface area contributed by atoms with Crippen LogP contribution in [0.25, 0.3) is 16.7 Å². The molecule has 2 N–H and O–H groups in total. The average Bonchev–Trinajstić information content (AvgIpc) is 3.83. The molecule has 15 nitrogen and oxygen atoms in total. The number of anilines is 2. The van der Waals surface area contributed by atoms with Gasteiger partial charge in [-0.3, -0.25) is 33.5 Å². The number of carbonyl (C=O) groups excluding carboxylic acids is 3. The van der Waals surface area contributed by atoms with E-state index in [2.05, 4.69) is 42.7 Å². The summed E-state index contributed by atoms with van der Waals surface area (Å²) in [5, 5.41) is 13.6. The van der Waals surface area contributed by atoms with Gasteiger partial charge in [-0.1, -0.05) is 6.07 Å². The van der Waals surface area contributed by atoms with Crippen LogP contribution in [0.3, 0.4) is 0 Å². The molecule has 0 spiro atoms. The number of hydrogen-bond acceptors (Lipinski definition) is 9. The Bertz CT molecular complexity index is 2330. The Labute approximate surface area is 315 Å². The van der Waals surface area contributed by atoms with Gasteiger partial charge in [-0.05, 0) is 83.0 Å². The van der Waals surface area contributed by atoms with Gasteiger partial charge in [-0.25, -0.2) is 23.1 Å². The third kappa shape index (κ3) is 6.78. The minimum Gasteiger partial charge on any atom is -0.370 e. The van der Waals surface area contributed by atoms with Gasteiger partial charge in [-0.15, -0.1) is 0 Å². The number of aryl methyl sites for hydroxylation is 2. The normalized spacial score (nSPS) is 21.3. The highest BCUT2D eigenvalue weighted by molar-refractivity contribution is 6.09. The van der Waals surface area contributed by atoms with Gasteiger partial charge in [0.05, 0.1) is 34.1 Å². The number of benzene rings is 1. The van der Waals surface area contributed by atoms with E-state index in [4.69, 9.17) is 0 Å². The van der Waals surface area contributed by atoms with Crippen molar-refractivity contribution in [2.45, 2.75) is 82.8 Å². The van der Waals surface area contributed by atoms with Gasteiger partial charge in [0, 0.05) is 57.7 Å². The molecule has 55 heavy (non-hydrogen) atoms. The smallest absolute Gasteiger partial charge is 0.329 e. The van der Waals surface area contributed by atoms with Crippen molar-refractivity contribution < 1.29 is 23.2 Å². The molecule has 1 saturated carbocycles. The number of carbonyl (C=O) groups is 3. The molecule has 5 aromatic rings. The molecule has 1 aliphatic carbocycles. The van der Waals surface area contributed by atoms with Gasteiger partial charge in [0.1, 0.15) is 11.6 Å². The summed E-state index contributed by atoms with van der Waals surface area (Å²) in [4.78, 5) is 60.2. The summed E-state index contributed by atoms with van der Waals surface area (Å²) in [6.07, 6.45) is 7.76. The molecule has 1 unspecified atom stereocenters. The number of imide groups is 1. The number of para-hydroxylation sites is 1. The van der Waals surface area contributed by atoms with Gasteiger partial charge >= 0.3 is 5.69 Å². The first-order chi connectivity index (χ1) is 26.5. The van der Waals surface area contributed by atoms with Crippen LogP contribution in [0.5, 0.6) is 0 Å². The van der Waals surface area contributed by atoms with Crippen molar-refractivity contribution in [3.05, 3.63) is 70.3 Å². The fraction of sp³-hybridized carbons (Fsp3) is 0.500. The number of alkyl halides is 2. The Morgan fingerprint density at radius 3 is 2.53 bits per heavy atom. The number of piperidine rings is 2. The standard InChI is InChI=1S/C38H45F2N11O4/c1-22-31(35-41-16-5-17-49(35)44-22)37(54)42-26-21-50(45-32(26)34(39)40)25-10-8-23(9-11-25)20-46(2)24-14-18-48(19-15-24)27-6-4-7-28-33(27)47(3)38(55)51(28)29-12-13-30(52)43-36(29)53/h4-7,16-17,21,23-25,29,34H,8-15,18-20H2,1-3H3,(H,42,54)(H,43,52,53)/t23-,25-,29?. The number of nitrogens with one attached hydrogen (secondary N) is 2. The van der Waals surface area contributed by atoms with Crippen LogP contribution in [0, 0.1) is 12.8 Å². The summed E-state index contributed by atoms with van der Waals surface area (Å²) in [7, 11) is 3.91. The number of amides is 3. The maximum absolute atomic E-state index is 14.1. The highest BCUT2D eigenvalue weighted by atomic mass is 19.3. The Hall–Kier alpha value is -5.45. The van der Waals surface area contributed by atoms with Crippen molar-refractivity contribution in [2.75, 3.05) is 36.9 Å². The van der Waals surface area contributed by atoms with Crippen molar-refractivity contribution in [1.29, 1.82) is 0 Å². The largest absolute Gasteiger partial charge is 0.370 e. The van der Waals surface area contributed by atoms with Gasteiger partial charge in [-0.2, -0.15) is 10.2 Å². The SMILES string of the molecule is Cc1nn2cccnc2c1C(=O)Nc1cn([C@H]2CC[C@H](CN(C)C3CCN(c4cccc5c4n(C)c(=O)n5C4CCC(=O)NC4=O)CC3)CC2)nc1C(F)F. The molecule has 2 saturated heterocycles. The van der Waals surface area contributed by atoms with Gasteiger partial charge in [0.25, 0.3) is 12.3 Å². The predicted molar refractivity (Wildman–Crippen MR) is 200 cm³/mol. The van der Waals surface area contributed by atoms with Crippen LogP contribution in [-0.4, -0.2) is 88.9 Å². The molecule has 3 amide bonds. The number of rotatable bonds is 9. The summed E-state index contributed by atoms with van der Waals surface area (Å²) in [5.74, 6) is -0.857. The molecule has 8 rings (SSSR count). The van der Waals surface area contributed by atoms with Crippen molar-refractivity contribution in [3.8, 4) is 0 Å². The average molecular weight is 758 g/mol. The van der Waals surface area contributed by atoms with Crippen molar-refractivity contribution in [1.82, 2.24) is 43.7 Å². The maximum Gasteiger partial charge on any atom is 0.329 e. The van der Waals surface area contributed by atoms with E-state index in [1.807, 2.05) is 18.2 Å². The number of aromatic nitrogens is 7. The van der Waals surface area contributed by atoms with E-state index >= 15 is 0 Å². The van der Waals surface area contributed by atoms with Crippen molar-refractivity contribution in [2.24, 2.45) is 13.0 Å². The molecule has 1 atom stereocenters. The molecule has 6 heterocycles. The number of hydrogen-bond donors (Lipinski definition) is 2. The Morgan fingerprint density at radius 2 is 1.80 bits per heavy atom. The molecular formula is C38H45F2N11O4. The molecule has 4 aromatic heterocycles. The third-order valence-electron chi connectivity index (χ3n) is 11.8. The number of nitrogens with zero attached hydrogens (tertiary/aromatic N) is 9. The minimum atomic E-state index is -2.85. The van der Waals surface area contributed by atoms with Crippen LogP contribution in [0.15, 0.2) is 47.7 Å². The molecule has 0 radical (unpaired) electrons. The van der Waals surface area contributed by atoms with Crippen LogP contribution >= 0.6 is 0 Å². The fourth-order valence-corrected chi connectivity index (χ4v) is 8.90. The molecule has 0 bridgehead atoms. The van der Waals surface area contributed by atoms with E-state index in [0.717, 1.165) is 69.4 Å². The second-order valence-electron chi connectivity index (χ2n) is 15.2. The monoisotopic (exact) mass is 757 g/mol. The second-order valence-corrected chi connectivity index (χ2v) is 15.2. The Balaban J connectivity index is 0.872. The predicted octanol–water partition coefficient (Wildman–Crippen LogP) is 4.39.